The average Bonchev–Trinajstić information content (AvgIpc) is 2.67. The number of amides is 2. The van der Waals surface area contributed by atoms with Gasteiger partial charge < -0.3 is 20.3 Å². The second-order valence-electron chi connectivity index (χ2n) is 6.85. The average molecular weight is 370 g/mol. The molecule has 0 saturated carbocycles. The number of carbonyl (C=O) groups is 2. The number of urea groups is 1. The van der Waals surface area contributed by atoms with Gasteiger partial charge in [-0.2, -0.15) is 0 Å². The second-order valence-corrected chi connectivity index (χ2v) is 6.85. The quantitative estimate of drug-likeness (QED) is 0.791. The van der Waals surface area contributed by atoms with E-state index in [1.165, 1.54) is 7.11 Å². The predicted octanol–water partition coefficient (Wildman–Crippen LogP) is 2.55. The van der Waals surface area contributed by atoms with Crippen LogP contribution >= 0.6 is 0 Å². The van der Waals surface area contributed by atoms with E-state index in [1.807, 2.05) is 37.3 Å². The van der Waals surface area contributed by atoms with Crippen molar-refractivity contribution < 1.29 is 14.3 Å². The molecule has 2 heterocycles. The third-order valence-corrected chi connectivity index (χ3v) is 4.93. The number of esters is 1. The summed E-state index contributed by atoms with van der Waals surface area (Å²) in [5, 5.41) is 6.75. The van der Waals surface area contributed by atoms with Gasteiger partial charge in [0.2, 0.25) is 0 Å². The summed E-state index contributed by atoms with van der Waals surface area (Å²) >= 11 is 0. The number of aromatic nitrogens is 1. The molecule has 0 atom stereocenters. The number of methoxy groups -OCH3 is 1. The molecule has 1 aromatic carbocycles. The molecule has 1 saturated heterocycles. The number of carbonyl (C=O) groups excluding carboxylic acids is 2. The molecule has 0 aliphatic carbocycles. The highest BCUT2D eigenvalue weighted by Crippen LogP contribution is 2.22. The van der Waals surface area contributed by atoms with Crippen molar-refractivity contribution in [3.8, 4) is 0 Å². The SMILES string of the molecule is COC(=O)C1CCN(CCNC(=O)Nc2cc(C)nc3ccccc23)CC1. The highest BCUT2D eigenvalue weighted by atomic mass is 16.5. The van der Waals surface area contributed by atoms with E-state index >= 15 is 0 Å². The van der Waals surface area contributed by atoms with Crippen LogP contribution in [0.25, 0.3) is 10.9 Å². The summed E-state index contributed by atoms with van der Waals surface area (Å²) in [5.74, 6) is -0.113. The molecule has 0 radical (unpaired) electrons. The number of nitrogens with one attached hydrogen (secondary N) is 2. The number of hydrogen-bond donors (Lipinski definition) is 2. The van der Waals surface area contributed by atoms with Gasteiger partial charge in [-0.3, -0.25) is 9.78 Å². The molecule has 1 aromatic heterocycles. The molecule has 1 fully saturated rings. The molecule has 2 N–H and O–H groups in total. The first kappa shape index (κ1) is 19.1. The van der Waals surface area contributed by atoms with E-state index in [0.29, 0.717) is 6.54 Å². The Labute approximate surface area is 159 Å². The first-order valence-electron chi connectivity index (χ1n) is 9.28. The summed E-state index contributed by atoms with van der Waals surface area (Å²) in [7, 11) is 1.44. The van der Waals surface area contributed by atoms with Crippen LogP contribution in [0.3, 0.4) is 0 Å². The van der Waals surface area contributed by atoms with Crippen molar-refractivity contribution in [3.05, 3.63) is 36.0 Å². The number of nitrogens with zero attached hydrogens (tertiary/aromatic N) is 2. The number of aryl methyl sites for hydroxylation is 1. The zero-order chi connectivity index (χ0) is 19.2. The van der Waals surface area contributed by atoms with E-state index in [1.54, 1.807) is 0 Å². The Kier molecular flexibility index (Phi) is 6.24. The summed E-state index contributed by atoms with van der Waals surface area (Å²) in [4.78, 5) is 30.6. The Morgan fingerprint density at radius 2 is 2.00 bits per heavy atom. The van der Waals surface area contributed by atoms with Crippen LogP contribution in [0.5, 0.6) is 0 Å². The monoisotopic (exact) mass is 370 g/mol. The lowest BCUT2D eigenvalue weighted by Gasteiger charge is -2.30. The minimum atomic E-state index is -0.227. The Hall–Kier alpha value is -2.67. The van der Waals surface area contributed by atoms with Gasteiger partial charge in [-0.15, -0.1) is 0 Å². The second kappa shape index (κ2) is 8.81. The topological polar surface area (TPSA) is 83.6 Å². The maximum absolute atomic E-state index is 12.3. The molecule has 27 heavy (non-hydrogen) atoms. The molecule has 2 amide bonds. The molecule has 1 aliphatic rings. The highest BCUT2D eigenvalue weighted by Gasteiger charge is 2.25. The minimum Gasteiger partial charge on any atom is -0.469 e. The third-order valence-electron chi connectivity index (χ3n) is 4.93. The first-order chi connectivity index (χ1) is 13.1. The largest absolute Gasteiger partial charge is 0.469 e. The number of pyridine rings is 1. The van der Waals surface area contributed by atoms with Crippen molar-refractivity contribution in [1.82, 2.24) is 15.2 Å². The van der Waals surface area contributed by atoms with Crippen molar-refractivity contribution in [3.63, 3.8) is 0 Å². The number of piperidine rings is 1. The van der Waals surface area contributed by atoms with Gasteiger partial charge in [-0.25, -0.2) is 4.79 Å². The van der Waals surface area contributed by atoms with Crippen LogP contribution in [0, 0.1) is 12.8 Å². The lowest BCUT2D eigenvalue weighted by atomic mass is 9.97. The number of ether oxygens (including phenoxy) is 1. The molecule has 0 unspecified atom stereocenters. The van der Waals surface area contributed by atoms with Crippen LogP contribution in [0.1, 0.15) is 18.5 Å². The Bertz CT molecular complexity index is 816. The van der Waals surface area contributed by atoms with Crippen LogP contribution in [0.4, 0.5) is 10.5 Å². The lowest BCUT2D eigenvalue weighted by Crippen LogP contribution is -2.41. The third kappa shape index (κ3) is 4.95. The molecule has 2 aromatic rings. The van der Waals surface area contributed by atoms with Crippen LogP contribution in [0.15, 0.2) is 30.3 Å². The lowest BCUT2D eigenvalue weighted by molar-refractivity contribution is -0.147. The normalized spacial score (nSPS) is 15.5. The maximum Gasteiger partial charge on any atom is 0.319 e. The fourth-order valence-electron chi connectivity index (χ4n) is 3.46. The van der Waals surface area contributed by atoms with Gasteiger partial charge >= 0.3 is 12.0 Å². The van der Waals surface area contributed by atoms with E-state index in [-0.39, 0.29) is 17.9 Å². The summed E-state index contributed by atoms with van der Waals surface area (Å²) in [6, 6.07) is 9.39. The van der Waals surface area contributed by atoms with Gasteiger partial charge in [-0.1, -0.05) is 18.2 Å². The van der Waals surface area contributed by atoms with Crippen molar-refractivity contribution in [2.75, 3.05) is 38.6 Å². The fourth-order valence-corrected chi connectivity index (χ4v) is 3.46. The Balaban J connectivity index is 1.47. The number of fused-ring (bicyclic) bond motifs is 1. The van der Waals surface area contributed by atoms with E-state index < -0.39 is 0 Å². The predicted molar refractivity (Wildman–Crippen MR) is 105 cm³/mol. The van der Waals surface area contributed by atoms with Gasteiger partial charge in [-0.05, 0) is 45.0 Å². The molecule has 0 spiro atoms. The highest BCUT2D eigenvalue weighted by molar-refractivity contribution is 6.00. The minimum absolute atomic E-state index is 0.00529. The summed E-state index contributed by atoms with van der Waals surface area (Å²) in [5.41, 5.74) is 2.48. The molecule has 3 rings (SSSR count). The van der Waals surface area contributed by atoms with Gasteiger partial charge in [0.15, 0.2) is 0 Å². The molecule has 0 bridgehead atoms. The van der Waals surface area contributed by atoms with Gasteiger partial charge in [0.25, 0.3) is 0 Å². The number of hydrogen-bond acceptors (Lipinski definition) is 5. The van der Waals surface area contributed by atoms with Gasteiger partial charge in [0, 0.05) is 24.2 Å². The Morgan fingerprint density at radius 3 is 2.74 bits per heavy atom. The van der Waals surface area contributed by atoms with Crippen LogP contribution in [-0.4, -0.2) is 55.2 Å². The van der Waals surface area contributed by atoms with E-state index in [9.17, 15) is 9.59 Å². The number of anilines is 1. The van der Waals surface area contributed by atoms with Crippen LogP contribution in [0.2, 0.25) is 0 Å². The smallest absolute Gasteiger partial charge is 0.319 e. The summed E-state index contributed by atoms with van der Waals surface area (Å²) in [6.07, 6.45) is 1.61. The van der Waals surface area contributed by atoms with E-state index in [2.05, 4.69) is 20.5 Å². The number of rotatable bonds is 5. The number of likely N-dealkylation sites (tertiary alicyclic amines) is 1. The zero-order valence-electron chi connectivity index (χ0n) is 15.8. The standard InChI is InChI=1S/C20H26N4O3/c1-14-13-18(16-5-3-4-6-17(16)22-14)23-20(26)21-9-12-24-10-7-15(8-11-24)19(25)27-2/h3-6,13,15H,7-12H2,1-2H3,(H2,21,22,23,26). The number of para-hydroxylation sites is 1. The number of benzene rings is 1. The molecule has 7 heteroatoms. The van der Waals surface area contributed by atoms with E-state index in [4.69, 9.17) is 4.74 Å². The molecule has 144 valence electrons. The van der Waals surface area contributed by atoms with E-state index in [0.717, 1.165) is 54.8 Å². The zero-order valence-corrected chi connectivity index (χ0v) is 15.8. The fraction of sp³-hybridized carbons (Fsp3) is 0.450. The summed E-state index contributed by atoms with van der Waals surface area (Å²) in [6.45, 7) is 4.91. The van der Waals surface area contributed by atoms with Crippen LogP contribution < -0.4 is 10.6 Å². The van der Waals surface area contributed by atoms with Crippen molar-refractivity contribution in [1.29, 1.82) is 0 Å². The van der Waals surface area contributed by atoms with Crippen molar-refractivity contribution in [2.45, 2.75) is 19.8 Å². The maximum atomic E-state index is 12.3. The molecular formula is C20H26N4O3. The van der Waals surface area contributed by atoms with Crippen LogP contribution in [-0.2, 0) is 9.53 Å². The first-order valence-corrected chi connectivity index (χ1v) is 9.28. The van der Waals surface area contributed by atoms with Crippen molar-refractivity contribution in [2.24, 2.45) is 5.92 Å². The molecule has 7 nitrogen and oxygen atoms in total. The van der Waals surface area contributed by atoms with Gasteiger partial charge in [0.05, 0.1) is 24.2 Å². The molecular weight excluding hydrogens is 344 g/mol. The molecule has 1 aliphatic heterocycles. The van der Waals surface area contributed by atoms with Gasteiger partial charge in [0.1, 0.15) is 0 Å². The van der Waals surface area contributed by atoms with Crippen molar-refractivity contribution >= 4 is 28.6 Å². The summed E-state index contributed by atoms with van der Waals surface area (Å²) < 4.78 is 4.81. The Morgan fingerprint density at radius 1 is 1.26 bits per heavy atom.